The van der Waals surface area contributed by atoms with Gasteiger partial charge in [0.05, 0.1) is 13.2 Å². The Hall–Kier alpha value is -1.78. The van der Waals surface area contributed by atoms with Crippen LogP contribution in [0, 0.1) is 0 Å². The van der Waals surface area contributed by atoms with Crippen molar-refractivity contribution in [1.29, 1.82) is 0 Å². The Bertz CT molecular complexity index is 916. The second-order valence-corrected chi connectivity index (χ2v) is 14.9. The number of nitrogens with two attached hydrogens (primary N) is 1. The first-order chi connectivity index (χ1) is 24.1. The first-order valence-electron chi connectivity index (χ1n) is 19.7. The molecule has 0 bridgehead atoms. The molecule has 0 saturated carbocycles. The number of hydrogen-bond donors (Lipinski definition) is 3. The number of carboxylic acids is 1. The quantitative estimate of drug-likeness (QED) is 0.0240. The lowest BCUT2D eigenvalue weighted by Gasteiger charge is -2.20. The minimum absolute atomic E-state index is 0.162. The molecule has 3 unspecified atom stereocenters. The van der Waals surface area contributed by atoms with Gasteiger partial charge >= 0.3 is 25.7 Å². The van der Waals surface area contributed by atoms with Crippen molar-refractivity contribution in [1.82, 2.24) is 0 Å². The summed E-state index contributed by atoms with van der Waals surface area (Å²) in [5.41, 5.74) is 5.30. The minimum atomic E-state index is -4.70. The number of carboxylic acid groups (broad SMARTS) is 1. The molecule has 0 radical (unpaired) electrons. The van der Waals surface area contributed by atoms with Gasteiger partial charge in [-0.3, -0.25) is 23.4 Å². The molecule has 0 fully saturated rings. The number of phosphoric acid groups is 1. The smallest absolute Gasteiger partial charge is 0.472 e. The number of phosphoric ester groups is 1. The highest BCUT2D eigenvalue weighted by molar-refractivity contribution is 7.47. The van der Waals surface area contributed by atoms with Crippen molar-refractivity contribution in [2.24, 2.45) is 5.73 Å². The summed E-state index contributed by atoms with van der Waals surface area (Å²) in [5.74, 6) is -2.39. The van der Waals surface area contributed by atoms with Gasteiger partial charge < -0.3 is 25.2 Å². The first-order valence-corrected chi connectivity index (χ1v) is 21.2. The molecule has 0 aliphatic carbocycles. The second-order valence-electron chi connectivity index (χ2n) is 13.4. The van der Waals surface area contributed by atoms with Crippen LogP contribution in [0.2, 0.25) is 0 Å². The van der Waals surface area contributed by atoms with E-state index in [0.29, 0.717) is 12.8 Å². The highest BCUT2D eigenvalue weighted by atomic mass is 31.2. The van der Waals surface area contributed by atoms with Gasteiger partial charge in [-0.2, -0.15) is 0 Å². The Balaban J connectivity index is 4.16. The van der Waals surface area contributed by atoms with E-state index >= 15 is 0 Å². The molecule has 0 aromatic heterocycles. The molecule has 0 aliphatic heterocycles. The van der Waals surface area contributed by atoms with Crippen molar-refractivity contribution in [2.45, 2.75) is 193 Å². The molecule has 0 saturated heterocycles. The van der Waals surface area contributed by atoms with Crippen molar-refractivity contribution < 1.29 is 47.5 Å². The summed E-state index contributed by atoms with van der Waals surface area (Å²) in [5, 5.41) is 8.83. The fraction of sp³-hybridized carbons (Fsp3) is 0.868. The van der Waals surface area contributed by atoms with Gasteiger partial charge in [-0.05, 0) is 38.5 Å². The Morgan fingerprint density at radius 1 is 0.600 bits per heavy atom. The van der Waals surface area contributed by atoms with Gasteiger partial charge in [0.1, 0.15) is 12.6 Å². The monoisotopic (exact) mass is 733 g/mol. The Labute approximate surface area is 303 Å². The number of carbonyl (C=O) groups excluding carboxylic acids is 2. The van der Waals surface area contributed by atoms with Crippen LogP contribution in [0.25, 0.3) is 0 Å². The van der Waals surface area contributed by atoms with Gasteiger partial charge in [0.15, 0.2) is 6.10 Å². The van der Waals surface area contributed by atoms with Crippen molar-refractivity contribution in [3.8, 4) is 0 Å². The summed E-state index contributed by atoms with van der Waals surface area (Å²) < 4.78 is 32.4. The van der Waals surface area contributed by atoms with Crippen LogP contribution in [0.1, 0.15) is 181 Å². The molecular formula is C38H72NO10P. The largest absolute Gasteiger partial charge is 0.480 e. The molecule has 0 spiro atoms. The third-order valence-corrected chi connectivity index (χ3v) is 9.46. The summed E-state index contributed by atoms with van der Waals surface area (Å²) in [6, 6.07) is -1.52. The Kier molecular flexibility index (Phi) is 33.1. The van der Waals surface area contributed by atoms with E-state index in [2.05, 4.69) is 30.5 Å². The van der Waals surface area contributed by atoms with Gasteiger partial charge in [-0.15, -0.1) is 0 Å². The highest BCUT2D eigenvalue weighted by Gasteiger charge is 2.28. The molecule has 0 aliphatic rings. The molecule has 0 aromatic rings. The predicted octanol–water partition coefficient (Wildman–Crippen LogP) is 9.73. The van der Waals surface area contributed by atoms with E-state index in [1.807, 2.05) is 0 Å². The van der Waals surface area contributed by atoms with Crippen LogP contribution >= 0.6 is 7.82 Å². The Morgan fingerprint density at radius 2 is 1.00 bits per heavy atom. The molecule has 294 valence electrons. The molecule has 11 nitrogen and oxygen atoms in total. The number of allylic oxidation sites excluding steroid dienone is 2. The predicted molar refractivity (Wildman–Crippen MR) is 199 cm³/mol. The van der Waals surface area contributed by atoms with Gasteiger partial charge in [0.25, 0.3) is 0 Å². The SMILES string of the molecule is CCCCCCCCCC/C=C\CCCCCCCCCCCC(=O)OC(COC(=O)CCCCCCC)COP(=O)(O)OCC(N)C(=O)O. The topological polar surface area (TPSA) is 172 Å². The van der Waals surface area contributed by atoms with E-state index in [4.69, 9.17) is 24.8 Å². The maximum Gasteiger partial charge on any atom is 0.472 e. The average Bonchev–Trinajstić information content (AvgIpc) is 3.08. The number of rotatable bonds is 37. The van der Waals surface area contributed by atoms with Crippen LogP contribution in [0.5, 0.6) is 0 Å². The zero-order chi connectivity index (χ0) is 37.1. The number of carbonyl (C=O) groups is 3. The summed E-state index contributed by atoms with van der Waals surface area (Å²) in [6.45, 7) is 2.69. The maximum absolute atomic E-state index is 12.5. The van der Waals surface area contributed by atoms with Gasteiger partial charge in [0, 0.05) is 12.8 Å². The molecule has 0 rings (SSSR count). The van der Waals surface area contributed by atoms with E-state index in [-0.39, 0.29) is 19.4 Å². The normalized spacial score (nSPS) is 14.0. The molecule has 0 aromatic carbocycles. The van der Waals surface area contributed by atoms with E-state index in [9.17, 15) is 23.8 Å². The van der Waals surface area contributed by atoms with Crippen molar-refractivity contribution in [3.63, 3.8) is 0 Å². The lowest BCUT2D eigenvalue weighted by atomic mass is 10.1. The Morgan fingerprint density at radius 3 is 1.46 bits per heavy atom. The number of unbranched alkanes of at least 4 members (excludes halogenated alkanes) is 21. The van der Waals surface area contributed by atoms with Crippen LogP contribution in [0.15, 0.2) is 12.2 Å². The van der Waals surface area contributed by atoms with Gasteiger partial charge in [-0.25, -0.2) is 4.57 Å². The molecule has 0 heterocycles. The fourth-order valence-corrected chi connectivity index (χ4v) is 6.13. The van der Waals surface area contributed by atoms with Crippen LogP contribution in [0.3, 0.4) is 0 Å². The van der Waals surface area contributed by atoms with E-state index in [1.165, 1.54) is 96.3 Å². The molecule has 50 heavy (non-hydrogen) atoms. The standard InChI is InChI=1S/C38H72NO10P/c1-3-5-7-9-10-11-12-13-14-15-16-17-18-19-20-21-22-23-24-26-28-30-37(41)49-34(31-46-36(40)29-27-25-8-6-4-2)32-47-50(44,45)48-33-35(39)38(42)43/h15-16,34-35H,3-14,17-33,39H2,1-2H3,(H,42,43)(H,44,45)/b16-15-. The van der Waals surface area contributed by atoms with Gasteiger partial charge in [0.2, 0.25) is 0 Å². The van der Waals surface area contributed by atoms with Crippen LogP contribution < -0.4 is 5.73 Å². The third kappa shape index (κ3) is 33.4. The van der Waals surface area contributed by atoms with Crippen molar-refractivity contribution in [3.05, 3.63) is 12.2 Å². The van der Waals surface area contributed by atoms with Crippen LogP contribution in [-0.4, -0.2) is 59.9 Å². The van der Waals surface area contributed by atoms with Crippen LogP contribution in [0.4, 0.5) is 0 Å². The van der Waals surface area contributed by atoms with E-state index in [1.54, 1.807) is 0 Å². The van der Waals surface area contributed by atoms with E-state index in [0.717, 1.165) is 44.9 Å². The number of esters is 2. The maximum atomic E-state index is 12.5. The zero-order valence-electron chi connectivity index (χ0n) is 31.5. The molecular weight excluding hydrogens is 661 g/mol. The molecule has 12 heteroatoms. The number of ether oxygens (including phenoxy) is 2. The average molecular weight is 734 g/mol. The van der Waals surface area contributed by atoms with E-state index < -0.39 is 51.1 Å². The van der Waals surface area contributed by atoms with Crippen LogP contribution in [-0.2, 0) is 37.5 Å². The lowest BCUT2D eigenvalue weighted by molar-refractivity contribution is -0.161. The van der Waals surface area contributed by atoms with Gasteiger partial charge in [-0.1, -0.05) is 142 Å². The fourth-order valence-electron chi connectivity index (χ4n) is 5.35. The second kappa shape index (κ2) is 34.3. The number of aliphatic carboxylic acids is 1. The minimum Gasteiger partial charge on any atom is -0.480 e. The highest BCUT2D eigenvalue weighted by Crippen LogP contribution is 2.43. The lowest BCUT2D eigenvalue weighted by Crippen LogP contribution is -2.34. The summed E-state index contributed by atoms with van der Waals surface area (Å²) >= 11 is 0. The van der Waals surface area contributed by atoms with Crippen molar-refractivity contribution in [2.75, 3.05) is 19.8 Å². The first kappa shape index (κ1) is 48.2. The zero-order valence-corrected chi connectivity index (χ0v) is 32.4. The number of hydrogen-bond acceptors (Lipinski definition) is 9. The summed E-state index contributed by atoms with van der Waals surface area (Å²) in [6.07, 6.45) is 32.0. The van der Waals surface area contributed by atoms with Crippen molar-refractivity contribution >= 4 is 25.7 Å². The molecule has 0 amide bonds. The molecule has 3 atom stereocenters. The molecule has 4 N–H and O–H groups in total. The summed E-state index contributed by atoms with van der Waals surface area (Å²) in [7, 11) is -4.70. The third-order valence-electron chi connectivity index (χ3n) is 8.51. The summed E-state index contributed by atoms with van der Waals surface area (Å²) in [4.78, 5) is 45.4.